The molecule has 0 aromatic heterocycles. The summed E-state index contributed by atoms with van der Waals surface area (Å²) in [5.74, 6) is -0.795. The summed E-state index contributed by atoms with van der Waals surface area (Å²) in [4.78, 5) is 22.7. The van der Waals surface area contributed by atoms with Crippen molar-refractivity contribution in [1.29, 1.82) is 0 Å². The van der Waals surface area contributed by atoms with Gasteiger partial charge in [0.25, 0.3) is 0 Å². The number of carbonyl (C=O) groups is 2. The minimum absolute atomic E-state index is 0.0768. The lowest BCUT2D eigenvalue weighted by atomic mass is 9.89. The number of rotatable bonds is 4. The maximum Gasteiger partial charge on any atom is 0.345 e. The second kappa shape index (κ2) is 7.69. The van der Waals surface area contributed by atoms with Crippen molar-refractivity contribution in [2.24, 2.45) is 5.92 Å². The van der Waals surface area contributed by atoms with Crippen LogP contribution in [0.5, 0.6) is 0 Å². The van der Waals surface area contributed by atoms with Gasteiger partial charge < -0.3 is 9.47 Å². The van der Waals surface area contributed by atoms with Crippen LogP contribution in [-0.4, -0.2) is 26.2 Å². The fourth-order valence-electron chi connectivity index (χ4n) is 2.07. The van der Waals surface area contributed by atoms with Gasteiger partial charge in [0, 0.05) is 0 Å². The maximum atomic E-state index is 11.4. The molecule has 1 aliphatic rings. The molecule has 4 heteroatoms. The van der Waals surface area contributed by atoms with E-state index in [1.54, 1.807) is 6.08 Å². The van der Waals surface area contributed by atoms with Crippen molar-refractivity contribution in [3.63, 3.8) is 0 Å². The maximum absolute atomic E-state index is 11.4. The van der Waals surface area contributed by atoms with Gasteiger partial charge in [-0.25, -0.2) is 9.59 Å². The summed E-state index contributed by atoms with van der Waals surface area (Å²) in [5, 5.41) is 0. The number of esters is 2. The van der Waals surface area contributed by atoms with E-state index in [0.717, 1.165) is 0 Å². The fourth-order valence-corrected chi connectivity index (χ4v) is 2.07. The molecule has 100 valence electrons. The van der Waals surface area contributed by atoms with Crippen LogP contribution in [0.3, 0.4) is 0 Å². The van der Waals surface area contributed by atoms with Gasteiger partial charge in [0.2, 0.25) is 0 Å². The Balaban J connectivity index is 2.66. The highest BCUT2D eigenvalue weighted by Crippen LogP contribution is 2.24. The summed E-state index contributed by atoms with van der Waals surface area (Å²) in [6.07, 6.45) is 11.4. The number of hydrogen-bond acceptors (Lipinski definition) is 4. The van der Waals surface area contributed by atoms with Gasteiger partial charge in [-0.05, 0) is 24.8 Å². The second-order valence-corrected chi connectivity index (χ2v) is 4.35. The standard InChI is InChI=1S/C14H20O4/c1-17-13(15)12(14(16)18-2)10-6-9-11-7-4-3-5-8-11/h6,9-11H,3-5,7-8H2,1-2H3/b9-6+. The first-order valence-electron chi connectivity index (χ1n) is 6.24. The Kier molecular flexibility index (Phi) is 6.19. The van der Waals surface area contributed by atoms with E-state index in [0.29, 0.717) is 5.92 Å². The van der Waals surface area contributed by atoms with Crippen molar-refractivity contribution in [3.8, 4) is 0 Å². The quantitative estimate of drug-likeness (QED) is 0.253. The van der Waals surface area contributed by atoms with Crippen LogP contribution in [0.15, 0.2) is 23.8 Å². The molecule has 0 amide bonds. The van der Waals surface area contributed by atoms with E-state index in [4.69, 9.17) is 0 Å². The van der Waals surface area contributed by atoms with Crippen molar-refractivity contribution in [2.45, 2.75) is 32.1 Å². The average Bonchev–Trinajstić information content (AvgIpc) is 2.43. The van der Waals surface area contributed by atoms with E-state index in [1.807, 2.05) is 6.08 Å². The molecule has 1 fully saturated rings. The molecule has 0 aromatic carbocycles. The zero-order chi connectivity index (χ0) is 13.4. The molecule has 1 rings (SSSR count). The zero-order valence-electron chi connectivity index (χ0n) is 11.0. The Morgan fingerprint density at radius 2 is 1.56 bits per heavy atom. The Morgan fingerprint density at radius 1 is 1.00 bits per heavy atom. The highest BCUT2D eigenvalue weighted by Gasteiger charge is 2.18. The van der Waals surface area contributed by atoms with Crippen molar-refractivity contribution in [3.05, 3.63) is 23.8 Å². The molecule has 0 heterocycles. The third-order valence-electron chi connectivity index (χ3n) is 3.11. The first-order chi connectivity index (χ1) is 8.69. The van der Waals surface area contributed by atoms with Crippen LogP contribution in [-0.2, 0) is 19.1 Å². The van der Waals surface area contributed by atoms with Crippen molar-refractivity contribution in [2.75, 3.05) is 14.2 Å². The summed E-state index contributed by atoms with van der Waals surface area (Å²) >= 11 is 0. The van der Waals surface area contributed by atoms with Gasteiger partial charge in [0.1, 0.15) is 5.57 Å². The molecule has 0 spiro atoms. The van der Waals surface area contributed by atoms with Crippen LogP contribution >= 0.6 is 0 Å². The van der Waals surface area contributed by atoms with Crippen LogP contribution in [0.2, 0.25) is 0 Å². The molecule has 1 aliphatic carbocycles. The minimum Gasteiger partial charge on any atom is -0.465 e. The summed E-state index contributed by atoms with van der Waals surface area (Å²) in [7, 11) is 2.48. The van der Waals surface area contributed by atoms with Crippen LogP contribution in [0.1, 0.15) is 32.1 Å². The predicted molar refractivity (Wildman–Crippen MR) is 67.8 cm³/mol. The molecule has 0 unspecified atom stereocenters. The van der Waals surface area contributed by atoms with E-state index in [-0.39, 0.29) is 5.57 Å². The Labute approximate surface area is 108 Å². The van der Waals surface area contributed by atoms with Gasteiger partial charge in [-0.1, -0.05) is 31.4 Å². The molecule has 0 aliphatic heterocycles. The molecule has 0 radical (unpaired) electrons. The van der Waals surface area contributed by atoms with E-state index < -0.39 is 11.9 Å². The number of allylic oxidation sites excluding steroid dienone is 3. The van der Waals surface area contributed by atoms with Crippen molar-refractivity contribution in [1.82, 2.24) is 0 Å². The lowest BCUT2D eigenvalue weighted by Gasteiger charge is -2.17. The van der Waals surface area contributed by atoms with Gasteiger partial charge in [-0.15, -0.1) is 0 Å². The SMILES string of the molecule is COC(=O)C(=C/C=C/C1CCCCC1)C(=O)OC. The Morgan fingerprint density at radius 3 is 2.06 bits per heavy atom. The Bertz CT molecular complexity index is 331. The lowest BCUT2D eigenvalue weighted by Crippen LogP contribution is -2.15. The van der Waals surface area contributed by atoms with E-state index in [9.17, 15) is 9.59 Å². The lowest BCUT2D eigenvalue weighted by molar-refractivity contribution is -0.144. The predicted octanol–water partition coefficient (Wildman–Crippen LogP) is 2.40. The largest absolute Gasteiger partial charge is 0.465 e. The van der Waals surface area contributed by atoms with Gasteiger partial charge in [0.15, 0.2) is 0 Å². The first kappa shape index (κ1) is 14.5. The summed E-state index contributed by atoms with van der Waals surface area (Å²) in [6.45, 7) is 0. The highest BCUT2D eigenvalue weighted by atomic mass is 16.5. The van der Waals surface area contributed by atoms with Gasteiger partial charge in [-0.2, -0.15) is 0 Å². The van der Waals surface area contributed by atoms with E-state index in [1.165, 1.54) is 52.4 Å². The van der Waals surface area contributed by atoms with Gasteiger partial charge in [0.05, 0.1) is 14.2 Å². The van der Waals surface area contributed by atoms with Gasteiger partial charge >= 0.3 is 11.9 Å². The molecule has 0 atom stereocenters. The zero-order valence-corrected chi connectivity index (χ0v) is 11.0. The molecular formula is C14H20O4. The first-order valence-corrected chi connectivity index (χ1v) is 6.24. The van der Waals surface area contributed by atoms with Crippen LogP contribution in [0.4, 0.5) is 0 Å². The number of methoxy groups -OCH3 is 2. The normalized spacial score (nSPS) is 16.3. The van der Waals surface area contributed by atoms with Crippen LogP contribution in [0.25, 0.3) is 0 Å². The smallest absolute Gasteiger partial charge is 0.345 e. The number of ether oxygens (including phenoxy) is 2. The number of hydrogen-bond donors (Lipinski definition) is 0. The molecule has 0 saturated heterocycles. The topological polar surface area (TPSA) is 52.6 Å². The average molecular weight is 252 g/mol. The molecule has 1 saturated carbocycles. The fraction of sp³-hybridized carbons (Fsp3) is 0.571. The van der Waals surface area contributed by atoms with E-state index >= 15 is 0 Å². The van der Waals surface area contributed by atoms with Gasteiger partial charge in [-0.3, -0.25) is 0 Å². The summed E-state index contributed by atoms with van der Waals surface area (Å²) < 4.78 is 9.07. The monoisotopic (exact) mass is 252 g/mol. The molecule has 18 heavy (non-hydrogen) atoms. The molecule has 0 bridgehead atoms. The van der Waals surface area contributed by atoms with E-state index in [2.05, 4.69) is 9.47 Å². The van der Waals surface area contributed by atoms with Crippen molar-refractivity contribution < 1.29 is 19.1 Å². The third-order valence-corrected chi connectivity index (χ3v) is 3.11. The molecule has 4 nitrogen and oxygen atoms in total. The third kappa shape index (κ3) is 4.35. The molecule has 0 N–H and O–H groups in total. The molecular weight excluding hydrogens is 232 g/mol. The van der Waals surface area contributed by atoms with Crippen LogP contribution < -0.4 is 0 Å². The second-order valence-electron chi connectivity index (χ2n) is 4.35. The van der Waals surface area contributed by atoms with Crippen molar-refractivity contribution >= 4 is 11.9 Å². The summed E-state index contributed by atoms with van der Waals surface area (Å²) in [6, 6.07) is 0. The number of carbonyl (C=O) groups excluding carboxylic acids is 2. The molecule has 0 aromatic rings. The van der Waals surface area contributed by atoms with Crippen LogP contribution in [0, 0.1) is 5.92 Å². The summed E-state index contributed by atoms with van der Waals surface area (Å²) in [5.41, 5.74) is -0.0768. The Hall–Kier alpha value is -1.58. The highest BCUT2D eigenvalue weighted by molar-refractivity contribution is 6.14. The minimum atomic E-state index is -0.671.